The maximum absolute atomic E-state index is 13.8. The second-order valence-corrected chi connectivity index (χ2v) is 8.12. The molecule has 0 saturated carbocycles. The molecule has 0 heterocycles. The van der Waals surface area contributed by atoms with Crippen molar-refractivity contribution in [2.24, 2.45) is 5.92 Å². The lowest BCUT2D eigenvalue weighted by atomic mass is 10.1. The van der Waals surface area contributed by atoms with Crippen molar-refractivity contribution >= 4 is 27.6 Å². The molecule has 0 aliphatic carbocycles. The average Bonchev–Trinajstić information content (AvgIpc) is 2.66. The van der Waals surface area contributed by atoms with Crippen LogP contribution in [0.1, 0.15) is 13.8 Å². The van der Waals surface area contributed by atoms with E-state index in [0.717, 1.165) is 24.3 Å². The van der Waals surface area contributed by atoms with Crippen LogP contribution in [0, 0.1) is 17.6 Å². The Kier molecular flexibility index (Phi) is 7.40. The fraction of sp³-hybridized carbons (Fsp3) is 0.263. The predicted octanol–water partition coefficient (Wildman–Crippen LogP) is 2.45. The molecule has 1 unspecified atom stereocenters. The average molecular weight is 426 g/mol. The minimum absolute atomic E-state index is 0.299. The number of anilines is 1. The first kappa shape index (κ1) is 22.4. The Morgan fingerprint density at radius 3 is 2.24 bits per heavy atom. The van der Waals surface area contributed by atoms with Gasteiger partial charge in [-0.2, -0.15) is 4.72 Å². The van der Waals surface area contributed by atoms with Gasteiger partial charge in [0.15, 0.2) is 6.61 Å². The van der Waals surface area contributed by atoms with Crippen LogP contribution in [-0.4, -0.2) is 32.9 Å². The van der Waals surface area contributed by atoms with Crippen molar-refractivity contribution < 1.29 is 31.5 Å². The molecule has 2 N–H and O–H groups in total. The number of hydrogen-bond donors (Lipinski definition) is 2. The molecule has 0 radical (unpaired) electrons. The van der Waals surface area contributed by atoms with Gasteiger partial charge in [0, 0.05) is 5.69 Å². The summed E-state index contributed by atoms with van der Waals surface area (Å²) in [5.74, 6) is -3.66. The number of benzene rings is 2. The van der Waals surface area contributed by atoms with Gasteiger partial charge < -0.3 is 10.1 Å². The Hall–Kier alpha value is -2.85. The van der Waals surface area contributed by atoms with Crippen molar-refractivity contribution in [3.05, 3.63) is 60.2 Å². The normalized spacial score (nSPS) is 12.4. The van der Waals surface area contributed by atoms with E-state index >= 15 is 0 Å². The van der Waals surface area contributed by atoms with E-state index < -0.39 is 57.0 Å². The summed E-state index contributed by atoms with van der Waals surface area (Å²) in [6.07, 6.45) is 0. The van der Waals surface area contributed by atoms with E-state index in [2.05, 4.69) is 10.0 Å². The SMILES string of the molecule is CC(C)C(NS(=O)(=O)c1ccccc1F)C(=O)OCC(=O)Nc1ccc(F)cc1. The summed E-state index contributed by atoms with van der Waals surface area (Å²) in [6.45, 7) is 2.45. The predicted molar refractivity (Wildman–Crippen MR) is 101 cm³/mol. The van der Waals surface area contributed by atoms with Crippen molar-refractivity contribution in [3.63, 3.8) is 0 Å². The highest BCUT2D eigenvalue weighted by atomic mass is 32.2. The van der Waals surface area contributed by atoms with Crippen LogP contribution in [0.5, 0.6) is 0 Å². The summed E-state index contributed by atoms with van der Waals surface area (Å²) in [6, 6.07) is 8.35. The summed E-state index contributed by atoms with van der Waals surface area (Å²) in [4.78, 5) is 23.6. The number of carbonyl (C=O) groups is 2. The Morgan fingerprint density at radius 2 is 1.66 bits per heavy atom. The molecule has 1 amide bonds. The van der Waals surface area contributed by atoms with Crippen molar-refractivity contribution in [3.8, 4) is 0 Å². The van der Waals surface area contributed by atoms with Crippen LogP contribution < -0.4 is 10.0 Å². The Bertz CT molecular complexity index is 978. The van der Waals surface area contributed by atoms with Gasteiger partial charge in [-0.25, -0.2) is 17.2 Å². The Labute approximate surface area is 167 Å². The number of ether oxygens (including phenoxy) is 1. The van der Waals surface area contributed by atoms with Gasteiger partial charge in [0.1, 0.15) is 22.6 Å². The van der Waals surface area contributed by atoms with Crippen LogP contribution in [0.3, 0.4) is 0 Å². The minimum Gasteiger partial charge on any atom is -0.454 e. The number of esters is 1. The van der Waals surface area contributed by atoms with Crippen LogP contribution >= 0.6 is 0 Å². The van der Waals surface area contributed by atoms with Gasteiger partial charge in [-0.3, -0.25) is 9.59 Å². The second-order valence-electron chi connectivity index (χ2n) is 6.44. The number of amides is 1. The number of nitrogens with one attached hydrogen (secondary N) is 2. The highest BCUT2D eigenvalue weighted by molar-refractivity contribution is 7.89. The lowest BCUT2D eigenvalue weighted by molar-refractivity contribution is -0.150. The number of sulfonamides is 1. The smallest absolute Gasteiger partial charge is 0.324 e. The summed E-state index contributed by atoms with van der Waals surface area (Å²) in [5, 5.41) is 2.40. The van der Waals surface area contributed by atoms with Crippen LogP contribution in [0.25, 0.3) is 0 Å². The molecule has 0 aliphatic heterocycles. The minimum atomic E-state index is -4.33. The molecule has 0 bridgehead atoms. The zero-order valence-corrected chi connectivity index (χ0v) is 16.5. The standard InChI is InChI=1S/C19H20F2N2O5S/c1-12(2)18(23-29(26,27)16-6-4-3-5-15(16)21)19(25)28-11-17(24)22-14-9-7-13(20)8-10-14/h3-10,12,18,23H,11H2,1-2H3,(H,22,24). The molecule has 10 heteroatoms. The fourth-order valence-electron chi connectivity index (χ4n) is 2.31. The van der Waals surface area contributed by atoms with E-state index in [4.69, 9.17) is 4.74 Å². The molecule has 0 aliphatic rings. The zero-order chi connectivity index (χ0) is 21.6. The van der Waals surface area contributed by atoms with Crippen LogP contribution in [0.4, 0.5) is 14.5 Å². The zero-order valence-electron chi connectivity index (χ0n) is 15.7. The molecule has 1 atom stereocenters. The van der Waals surface area contributed by atoms with Crippen molar-refractivity contribution in [2.75, 3.05) is 11.9 Å². The molecule has 156 valence electrons. The van der Waals surface area contributed by atoms with E-state index in [1.165, 1.54) is 24.3 Å². The van der Waals surface area contributed by atoms with Gasteiger partial charge >= 0.3 is 5.97 Å². The topological polar surface area (TPSA) is 102 Å². The van der Waals surface area contributed by atoms with Crippen LogP contribution in [-0.2, 0) is 24.3 Å². The Balaban J connectivity index is 2.01. The van der Waals surface area contributed by atoms with Gasteiger partial charge in [-0.15, -0.1) is 0 Å². The third-order valence-electron chi connectivity index (χ3n) is 3.80. The van der Waals surface area contributed by atoms with E-state index in [9.17, 15) is 26.8 Å². The van der Waals surface area contributed by atoms with Crippen LogP contribution in [0.2, 0.25) is 0 Å². The van der Waals surface area contributed by atoms with Gasteiger partial charge in [0.05, 0.1) is 0 Å². The lowest BCUT2D eigenvalue weighted by Gasteiger charge is -2.21. The Morgan fingerprint density at radius 1 is 1.03 bits per heavy atom. The second kappa shape index (κ2) is 9.57. The van der Waals surface area contributed by atoms with E-state index in [-0.39, 0.29) is 0 Å². The molecule has 0 spiro atoms. The molecule has 29 heavy (non-hydrogen) atoms. The molecule has 0 saturated heterocycles. The number of hydrogen-bond acceptors (Lipinski definition) is 5. The third kappa shape index (κ3) is 6.33. The summed E-state index contributed by atoms with van der Waals surface area (Å²) < 4.78 is 58.5. The fourth-order valence-corrected chi connectivity index (χ4v) is 3.72. The highest BCUT2D eigenvalue weighted by Gasteiger charge is 2.31. The third-order valence-corrected chi connectivity index (χ3v) is 5.28. The molecule has 2 rings (SSSR count). The van der Waals surface area contributed by atoms with E-state index in [0.29, 0.717) is 5.69 Å². The molecule has 0 aromatic heterocycles. The molecule has 7 nitrogen and oxygen atoms in total. The summed E-state index contributed by atoms with van der Waals surface area (Å²) >= 11 is 0. The van der Waals surface area contributed by atoms with Gasteiger partial charge in [-0.05, 0) is 42.3 Å². The van der Waals surface area contributed by atoms with Crippen LogP contribution in [0.15, 0.2) is 53.4 Å². The molecule has 2 aromatic carbocycles. The summed E-state index contributed by atoms with van der Waals surface area (Å²) in [7, 11) is -4.33. The number of rotatable bonds is 8. The number of carbonyl (C=O) groups excluding carboxylic acids is 2. The monoisotopic (exact) mass is 426 g/mol. The van der Waals surface area contributed by atoms with Crippen molar-refractivity contribution in [1.29, 1.82) is 0 Å². The van der Waals surface area contributed by atoms with Gasteiger partial charge in [0.2, 0.25) is 10.0 Å². The van der Waals surface area contributed by atoms with Crippen molar-refractivity contribution in [1.82, 2.24) is 4.72 Å². The lowest BCUT2D eigenvalue weighted by Crippen LogP contribution is -2.46. The molecule has 0 fully saturated rings. The largest absolute Gasteiger partial charge is 0.454 e. The quantitative estimate of drug-likeness (QED) is 0.632. The van der Waals surface area contributed by atoms with Gasteiger partial charge in [-0.1, -0.05) is 26.0 Å². The highest BCUT2D eigenvalue weighted by Crippen LogP contribution is 2.16. The number of halogens is 2. The van der Waals surface area contributed by atoms with Crippen molar-refractivity contribution in [2.45, 2.75) is 24.8 Å². The molecule has 2 aromatic rings. The first-order chi connectivity index (χ1) is 13.6. The maximum Gasteiger partial charge on any atom is 0.324 e. The first-order valence-corrected chi connectivity index (χ1v) is 10.1. The molecular weight excluding hydrogens is 406 g/mol. The van der Waals surface area contributed by atoms with E-state index in [1.807, 2.05) is 0 Å². The first-order valence-electron chi connectivity index (χ1n) is 8.59. The summed E-state index contributed by atoms with van der Waals surface area (Å²) in [5.41, 5.74) is 0.299. The van der Waals surface area contributed by atoms with Gasteiger partial charge in [0.25, 0.3) is 5.91 Å². The molecular formula is C19H20F2N2O5S. The maximum atomic E-state index is 13.8. The van der Waals surface area contributed by atoms with E-state index in [1.54, 1.807) is 13.8 Å².